The summed E-state index contributed by atoms with van der Waals surface area (Å²) < 4.78 is 0. The van der Waals surface area contributed by atoms with E-state index in [9.17, 15) is 0 Å². The molecule has 1 aliphatic carbocycles. The Kier molecular flexibility index (Phi) is 6.45. The van der Waals surface area contributed by atoms with Gasteiger partial charge in [-0.25, -0.2) is 0 Å². The quantitative estimate of drug-likeness (QED) is 0.210. The Labute approximate surface area is 255 Å². The van der Waals surface area contributed by atoms with Crippen LogP contribution in [-0.2, 0) is 5.41 Å². The number of fused-ring (bicyclic) bond motifs is 4. The molecule has 0 bridgehead atoms. The third-order valence-electron chi connectivity index (χ3n) is 9.63. The lowest BCUT2D eigenvalue weighted by Crippen LogP contribution is -2.37. The van der Waals surface area contributed by atoms with E-state index in [4.69, 9.17) is 0 Å². The molecule has 0 N–H and O–H groups in total. The third-order valence-corrected chi connectivity index (χ3v) is 9.63. The van der Waals surface area contributed by atoms with Gasteiger partial charge in [-0.15, -0.1) is 0 Å². The molecule has 6 aromatic carbocycles. The van der Waals surface area contributed by atoms with Gasteiger partial charge >= 0.3 is 0 Å². The normalized spacial score (nSPS) is 15.1. The number of para-hydroxylation sites is 2. The molecule has 0 radical (unpaired) electrons. The van der Waals surface area contributed by atoms with Crippen molar-refractivity contribution in [3.8, 4) is 33.4 Å². The minimum Gasteiger partial charge on any atom is -0.310 e. The number of rotatable bonds is 4. The van der Waals surface area contributed by atoms with Crippen LogP contribution in [0.1, 0.15) is 43.2 Å². The molecule has 1 heterocycles. The van der Waals surface area contributed by atoms with Crippen molar-refractivity contribution in [1.29, 1.82) is 0 Å². The summed E-state index contributed by atoms with van der Waals surface area (Å²) in [6, 6.07) is 55.9. The first-order valence-corrected chi connectivity index (χ1v) is 15.7. The molecule has 0 amide bonds. The van der Waals surface area contributed by atoms with Gasteiger partial charge in [-0.3, -0.25) is 0 Å². The van der Waals surface area contributed by atoms with E-state index in [1.165, 1.54) is 93.7 Å². The second-order valence-electron chi connectivity index (χ2n) is 12.1. The highest BCUT2D eigenvalue weighted by Gasteiger charge is 2.43. The fourth-order valence-electron chi connectivity index (χ4n) is 7.59. The fraction of sp³-hybridized carbons (Fsp3) is 0.143. The van der Waals surface area contributed by atoms with Crippen LogP contribution in [0.25, 0.3) is 33.4 Å². The molecule has 1 fully saturated rings. The van der Waals surface area contributed by atoms with E-state index in [-0.39, 0.29) is 5.41 Å². The number of anilines is 3. The Morgan fingerprint density at radius 3 is 1.28 bits per heavy atom. The molecule has 0 aromatic heterocycles. The van der Waals surface area contributed by atoms with Crippen LogP contribution in [-0.4, -0.2) is 0 Å². The van der Waals surface area contributed by atoms with Gasteiger partial charge in [0.25, 0.3) is 0 Å². The maximum Gasteiger partial charge on any atom is 0.0502 e. The zero-order valence-electron chi connectivity index (χ0n) is 24.4. The van der Waals surface area contributed by atoms with Crippen LogP contribution < -0.4 is 4.90 Å². The summed E-state index contributed by atoms with van der Waals surface area (Å²) in [4.78, 5) is 2.49. The zero-order valence-corrected chi connectivity index (χ0v) is 24.4. The highest BCUT2D eigenvalue weighted by molar-refractivity contribution is 5.87. The Bertz CT molecular complexity index is 1770. The molecule has 0 atom stereocenters. The van der Waals surface area contributed by atoms with Crippen LogP contribution in [0.2, 0.25) is 0 Å². The maximum absolute atomic E-state index is 2.49. The molecule has 1 aliphatic heterocycles. The molecule has 0 unspecified atom stereocenters. The SMILES string of the molecule is c1ccc(-c2cc(-c3ccccc3)cc(-c3ccc(N4c5ccccc5C5(CCCCC5)c5ccccc54)cc3)c2)cc1. The van der Waals surface area contributed by atoms with Crippen molar-refractivity contribution in [1.82, 2.24) is 0 Å². The van der Waals surface area contributed by atoms with E-state index in [0.717, 1.165) is 0 Å². The fourth-order valence-corrected chi connectivity index (χ4v) is 7.59. The Morgan fingerprint density at radius 1 is 0.372 bits per heavy atom. The zero-order chi connectivity index (χ0) is 28.6. The molecular formula is C42H35N. The van der Waals surface area contributed by atoms with Crippen LogP contribution in [0.3, 0.4) is 0 Å². The van der Waals surface area contributed by atoms with Crippen molar-refractivity contribution in [3.05, 3.63) is 163 Å². The average Bonchev–Trinajstić information content (AvgIpc) is 3.10. The summed E-state index contributed by atoms with van der Waals surface area (Å²) >= 11 is 0. The van der Waals surface area contributed by atoms with Crippen molar-refractivity contribution in [3.63, 3.8) is 0 Å². The second-order valence-corrected chi connectivity index (χ2v) is 12.1. The van der Waals surface area contributed by atoms with Gasteiger partial charge < -0.3 is 4.90 Å². The molecule has 208 valence electrons. The van der Waals surface area contributed by atoms with Gasteiger partial charge in [0.05, 0.1) is 11.4 Å². The average molecular weight is 554 g/mol. The molecule has 1 heteroatoms. The molecule has 0 saturated heterocycles. The summed E-state index contributed by atoms with van der Waals surface area (Å²) in [6.45, 7) is 0. The maximum atomic E-state index is 2.49. The lowest BCUT2D eigenvalue weighted by molar-refractivity contribution is 0.344. The number of hydrogen-bond donors (Lipinski definition) is 0. The van der Waals surface area contributed by atoms with Crippen molar-refractivity contribution in [2.45, 2.75) is 37.5 Å². The topological polar surface area (TPSA) is 3.24 Å². The summed E-state index contributed by atoms with van der Waals surface area (Å²) in [5.41, 5.74) is 14.3. The highest BCUT2D eigenvalue weighted by Crippen LogP contribution is 2.57. The van der Waals surface area contributed by atoms with Gasteiger partial charge in [0.1, 0.15) is 0 Å². The molecule has 43 heavy (non-hydrogen) atoms. The van der Waals surface area contributed by atoms with Gasteiger partial charge in [0, 0.05) is 11.1 Å². The standard InChI is InChI=1S/C42H35N/c1-4-14-31(15-5-1)34-28-35(32-16-6-2-7-17-32)30-36(29-34)33-22-24-37(25-23-33)43-40-20-10-8-18-38(40)42(26-12-3-13-27-42)39-19-9-11-21-41(39)43/h1-2,4-11,14-25,28-30H,3,12-13,26-27H2. The Balaban J connectivity index is 1.23. The van der Waals surface area contributed by atoms with Crippen LogP contribution in [0.4, 0.5) is 17.1 Å². The van der Waals surface area contributed by atoms with Gasteiger partial charge in [-0.05, 0) is 99.8 Å². The lowest BCUT2D eigenvalue weighted by atomic mass is 9.63. The molecular weight excluding hydrogens is 518 g/mol. The van der Waals surface area contributed by atoms with E-state index < -0.39 is 0 Å². The van der Waals surface area contributed by atoms with Crippen molar-refractivity contribution in [2.75, 3.05) is 4.90 Å². The van der Waals surface area contributed by atoms with Gasteiger partial charge in [0.15, 0.2) is 0 Å². The predicted molar refractivity (Wildman–Crippen MR) is 181 cm³/mol. The third kappa shape index (κ3) is 4.48. The first-order valence-electron chi connectivity index (χ1n) is 15.7. The Morgan fingerprint density at radius 2 is 0.791 bits per heavy atom. The summed E-state index contributed by atoms with van der Waals surface area (Å²) in [6.07, 6.45) is 6.40. The van der Waals surface area contributed by atoms with Crippen LogP contribution in [0.15, 0.2) is 152 Å². The van der Waals surface area contributed by atoms with E-state index in [2.05, 4.69) is 157 Å². The molecule has 2 aliphatic rings. The lowest BCUT2D eigenvalue weighted by Gasteiger charge is -2.47. The monoisotopic (exact) mass is 553 g/mol. The second kappa shape index (κ2) is 10.7. The minimum atomic E-state index is 0.119. The molecule has 1 saturated carbocycles. The smallest absolute Gasteiger partial charge is 0.0502 e. The molecule has 8 rings (SSSR count). The van der Waals surface area contributed by atoms with Gasteiger partial charge in [0.2, 0.25) is 0 Å². The summed E-state index contributed by atoms with van der Waals surface area (Å²) in [5, 5.41) is 0. The van der Waals surface area contributed by atoms with Crippen molar-refractivity contribution in [2.24, 2.45) is 0 Å². The van der Waals surface area contributed by atoms with Gasteiger partial charge in [-0.2, -0.15) is 0 Å². The van der Waals surface area contributed by atoms with Crippen LogP contribution in [0.5, 0.6) is 0 Å². The number of benzene rings is 6. The van der Waals surface area contributed by atoms with Gasteiger partial charge in [-0.1, -0.05) is 128 Å². The first-order chi connectivity index (χ1) is 21.3. The Hall–Kier alpha value is -4.88. The van der Waals surface area contributed by atoms with Crippen molar-refractivity contribution < 1.29 is 0 Å². The van der Waals surface area contributed by atoms with Crippen molar-refractivity contribution >= 4 is 17.1 Å². The first kappa shape index (κ1) is 25.8. The van der Waals surface area contributed by atoms with Crippen LogP contribution in [0, 0.1) is 0 Å². The van der Waals surface area contributed by atoms with E-state index >= 15 is 0 Å². The highest BCUT2D eigenvalue weighted by atomic mass is 15.2. The number of hydrogen-bond acceptors (Lipinski definition) is 1. The predicted octanol–water partition coefficient (Wildman–Crippen LogP) is 11.7. The van der Waals surface area contributed by atoms with E-state index in [0.29, 0.717) is 0 Å². The minimum absolute atomic E-state index is 0.119. The van der Waals surface area contributed by atoms with Crippen LogP contribution >= 0.6 is 0 Å². The molecule has 6 aromatic rings. The summed E-state index contributed by atoms with van der Waals surface area (Å²) in [5.74, 6) is 0. The van der Waals surface area contributed by atoms with E-state index in [1.807, 2.05) is 0 Å². The largest absolute Gasteiger partial charge is 0.310 e. The summed E-state index contributed by atoms with van der Waals surface area (Å²) in [7, 11) is 0. The molecule has 1 nitrogen and oxygen atoms in total. The number of nitrogens with zero attached hydrogens (tertiary/aromatic N) is 1. The van der Waals surface area contributed by atoms with E-state index in [1.54, 1.807) is 0 Å². The molecule has 1 spiro atoms.